The summed E-state index contributed by atoms with van der Waals surface area (Å²) in [5.41, 5.74) is 0.865. The Morgan fingerprint density at radius 2 is 1.90 bits per heavy atom. The van der Waals surface area contributed by atoms with Crippen molar-refractivity contribution in [3.05, 3.63) is 35.9 Å². The molecule has 1 aromatic rings. The number of hydrogen-bond acceptors (Lipinski definition) is 6. The third-order valence-electron chi connectivity index (χ3n) is 3.74. The highest BCUT2D eigenvalue weighted by Gasteiger charge is 2.49. The van der Waals surface area contributed by atoms with Gasteiger partial charge in [-0.2, -0.15) is 0 Å². The predicted octanol–water partition coefficient (Wildman–Crippen LogP) is 0.584. The molecule has 2 fully saturated rings. The lowest BCUT2D eigenvalue weighted by Crippen LogP contribution is -2.62. The summed E-state index contributed by atoms with van der Waals surface area (Å²) in [6.07, 6.45) is -4.74. The Labute approximate surface area is 123 Å². The van der Waals surface area contributed by atoms with E-state index in [-0.39, 0.29) is 6.61 Å². The Morgan fingerprint density at radius 1 is 1.14 bits per heavy atom. The minimum atomic E-state index is -1.14. The maximum atomic E-state index is 10.2. The van der Waals surface area contributed by atoms with Crippen LogP contribution in [0.15, 0.2) is 30.3 Å². The van der Waals surface area contributed by atoms with Gasteiger partial charge in [0.15, 0.2) is 12.6 Å². The summed E-state index contributed by atoms with van der Waals surface area (Å²) in [6.45, 7) is 2.46. The topological polar surface area (TPSA) is 77.4 Å². The largest absolute Gasteiger partial charge is 0.387 e. The fraction of sp³-hybridized carbons (Fsp3) is 0.600. The van der Waals surface area contributed by atoms with Gasteiger partial charge in [0.25, 0.3) is 0 Å². The predicted molar refractivity (Wildman–Crippen MR) is 72.3 cm³/mol. The molecule has 6 heteroatoms. The van der Waals surface area contributed by atoms with Gasteiger partial charge in [-0.3, -0.25) is 0 Å². The summed E-state index contributed by atoms with van der Waals surface area (Å²) in [5.74, 6) is 0. The highest BCUT2D eigenvalue weighted by molar-refractivity contribution is 5.16. The minimum Gasteiger partial charge on any atom is -0.387 e. The fourth-order valence-corrected chi connectivity index (χ4v) is 2.66. The molecule has 21 heavy (non-hydrogen) atoms. The number of benzene rings is 1. The van der Waals surface area contributed by atoms with E-state index in [2.05, 4.69) is 0 Å². The van der Waals surface area contributed by atoms with Gasteiger partial charge in [0.2, 0.25) is 0 Å². The molecule has 6 nitrogen and oxygen atoms in total. The van der Waals surface area contributed by atoms with Gasteiger partial charge in [0.05, 0.1) is 6.61 Å². The summed E-state index contributed by atoms with van der Waals surface area (Å²) in [5, 5.41) is 20.3. The van der Waals surface area contributed by atoms with Crippen molar-refractivity contribution in [1.29, 1.82) is 0 Å². The minimum absolute atomic E-state index is 0.275. The molecule has 2 aliphatic rings. The zero-order chi connectivity index (χ0) is 14.8. The van der Waals surface area contributed by atoms with Crippen LogP contribution in [0.1, 0.15) is 18.8 Å². The summed E-state index contributed by atoms with van der Waals surface area (Å²) in [4.78, 5) is 0. The van der Waals surface area contributed by atoms with E-state index < -0.39 is 37.0 Å². The van der Waals surface area contributed by atoms with Crippen LogP contribution in [0.3, 0.4) is 0 Å². The Morgan fingerprint density at radius 3 is 2.62 bits per heavy atom. The summed E-state index contributed by atoms with van der Waals surface area (Å²) in [6, 6.07) is 9.47. The van der Waals surface area contributed by atoms with Gasteiger partial charge in [0, 0.05) is 12.2 Å². The highest BCUT2D eigenvalue weighted by atomic mass is 16.8. The number of ether oxygens (including phenoxy) is 4. The van der Waals surface area contributed by atoms with Gasteiger partial charge in [-0.25, -0.2) is 0 Å². The van der Waals surface area contributed by atoms with Gasteiger partial charge < -0.3 is 29.2 Å². The smallest absolute Gasteiger partial charge is 0.186 e. The van der Waals surface area contributed by atoms with E-state index in [1.165, 1.54) is 0 Å². The number of fused-ring (bicyclic) bond motifs is 1. The third-order valence-corrected chi connectivity index (χ3v) is 3.74. The zero-order valence-corrected chi connectivity index (χ0v) is 11.8. The van der Waals surface area contributed by atoms with Crippen molar-refractivity contribution in [2.24, 2.45) is 0 Å². The molecule has 1 aromatic carbocycles. The van der Waals surface area contributed by atoms with Crippen LogP contribution in [0.4, 0.5) is 0 Å². The molecular formula is C15H20O6. The van der Waals surface area contributed by atoms with Crippen LogP contribution in [-0.2, 0) is 18.9 Å². The van der Waals surface area contributed by atoms with Gasteiger partial charge in [-0.15, -0.1) is 0 Å². The standard InChI is InChI=1S/C15H20O6/c1-2-18-15-12(17)11(16)13-10(20-15)8-19-14(21-13)9-6-4-3-5-7-9/h3-7,10-17H,2,8H2,1H3/t10-,11-,12-,13+,14-,15-/m1/s1. The lowest BCUT2D eigenvalue weighted by atomic mass is 9.98. The van der Waals surface area contributed by atoms with Crippen molar-refractivity contribution in [1.82, 2.24) is 0 Å². The van der Waals surface area contributed by atoms with Crippen LogP contribution < -0.4 is 0 Å². The molecule has 6 atom stereocenters. The lowest BCUT2D eigenvalue weighted by Gasteiger charge is -2.46. The Bertz CT molecular complexity index is 451. The van der Waals surface area contributed by atoms with Crippen LogP contribution in [0.5, 0.6) is 0 Å². The Balaban J connectivity index is 1.71. The van der Waals surface area contributed by atoms with Crippen LogP contribution in [0.2, 0.25) is 0 Å². The number of hydrogen-bond donors (Lipinski definition) is 2. The molecule has 2 N–H and O–H groups in total. The van der Waals surface area contributed by atoms with Gasteiger partial charge in [-0.05, 0) is 6.92 Å². The maximum Gasteiger partial charge on any atom is 0.186 e. The van der Waals surface area contributed by atoms with E-state index in [0.29, 0.717) is 6.61 Å². The fourth-order valence-electron chi connectivity index (χ4n) is 2.66. The molecule has 0 spiro atoms. The maximum absolute atomic E-state index is 10.2. The van der Waals surface area contributed by atoms with Gasteiger partial charge in [-0.1, -0.05) is 30.3 Å². The molecule has 2 aliphatic heterocycles. The van der Waals surface area contributed by atoms with Crippen LogP contribution in [-0.4, -0.2) is 54.1 Å². The van der Waals surface area contributed by atoms with E-state index in [1.54, 1.807) is 6.92 Å². The molecule has 0 radical (unpaired) electrons. The molecule has 0 amide bonds. The molecule has 0 unspecified atom stereocenters. The van der Waals surface area contributed by atoms with Crippen molar-refractivity contribution in [3.8, 4) is 0 Å². The number of rotatable bonds is 3. The summed E-state index contributed by atoms with van der Waals surface area (Å²) >= 11 is 0. The SMILES string of the molecule is CCO[C@@H]1O[C@@H]2CO[C@@H](c3ccccc3)O[C@@H]2[C@H](O)[C@H]1O. The first-order valence-corrected chi connectivity index (χ1v) is 7.16. The molecular weight excluding hydrogens is 276 g/mol. The number of aliphatic hydroxyl groups excluding tert-OH is 2. The second-order valence-electron chi connectivity index (χ2n) is 5.16. The first-order chi connectivity index (χ1) is 10.2. The summed E-state index contributed by atoms with van der Waals surface area (Å²) in [7, 11) is 0. The average Bonchev–Trinajstić information content (AvgIpc) is 2.53. The van der Waals surface area contributed by atoms with Crippen molar-refractivity contribution in [3.63, 3.8) is 0 Å². The second kappa shape index (κ2) is 6.39. The van der Waals surface area contributed by atoms with Crippen molar-refractivity contribution >= 4 is 0 Å². The first kappa shape index (κ1) is 14.9. The van der Waals surface area contributed by atoms with Crippen LogP contribution in [0, 0.1) is 0 Å². The monoisotopic (exact) mass is 296 g/mol. The highest BCUT2D eigenvalue weighted by Crippen LogP contribution is 2.34. The van der Waals surface area contributed by atoms with E-state index >= 15 is 0 Å². The first-order valence-electron chi connectivity index (χ1n) is 7.16. The number of aliphatic hydroxyl groups is 2. The molecule has 2 heterocycles. The lowest BCUT2D eigenvalue weighted by molar-refractivity contribution is -0.360. The van der Waals surface area contributed by atoms with Crippen LogP contribution in [0.25, 0.3) is 0 Å². The molecule has 0 saturated carbocycles. The molecule has 2 saturated heterocycles. The van der Waals surface area contributed by atoms with Crippen LogP contribution >= 0.6 is 0 Å². The molecule has 0 aliphatic carbocycles. The zero-order valence-electron chi connectivity index (χ0n) is 11.8. The molecule has 0 aromatic heterocycles. The van der Waals surface area contributed by atoms with Crippen molar-refractivity contribution < 1.29 is 29.2 Å². The van der Waals surface area contributed by atoms with E-state index in [4.69, 9.17) is 18.9 Å². The van der Waals surface area contributed by atoms with Gasteiger partial charge in [0.1, 0.15) is 24.4 Å². The van der Waals surface area contributed by atoms with E-state index in [0.717, 1.165) is 5.56 Å². The second-order valence-corrected chi connectivity index (χ2v) is 5.16. The average molecular weight is 296 g/mol. The molecule has 0 bridgehead atoms. The summed E-state index contributed by atoms with van der Waals surface area (Å²) < 4.78 is 22.3. The quantitative estimate of drug-likeness (QED) is 0.850. The Hall–Kier alpha value is -1.02. The Kier molecular flexibility index (Phi) is 4.54. The van der Waals surface area contributed by atoms with Crippen molar-refractivity contribution in [2.45, 2.75) is 43.9 Å². The van der Waals surface area contributed by atoms with Gasteiger partial charge >= 0.3 is 0 Å². The molecule has 3 rings (SSSR count). The third kappa shape index (κ3) is 2.96. The molecule has 116 valence electrons. The normalized spacial score (nSPS) is 39.8. The van der Waals surface area contributed by atoms with E-state index in [1.807, 2.05) is 30.3 Å². The van der Waals surface area contributed by atoms with E-state index in [9.17, 15) is 10.2 Å². The van der Waals surface area contributed by atoms with Crippen molar-refractivity contribution in [2.75, 3.05) is 13.2 Å².